The number of amides is 1. The van der Waals surface area contributed by atoms with Gasteiger partial charge in [0.05, 0.1) is 16.9 Å². The van der Waals surface area contributed by atoms with E-state index in [1.807, 2.05) is 30.3 Å². The van der Waals surface area contributed by atoms with Gasteiger partial charge in [-0.05, 0) is 49.6 Å². The second kappa shape index (κ2) is 9.04. The number of nitrogens with one attached hydrogen (secondary N) is 1. The molecule has 31 heavy (non-hydrogen) atoms. The molecule has 1 aromatic heterocycles. The number of para-hydroxylation sites is 1. The number of hydrogen-bond acceptors (Lipinski definition) is 4. The number of benzene rings is 2. The van der Waals surface area contributed by atoms with Crippen LogP contribution in [0.5, 0.6) is 0 Å². The van der Waals surface area contributed by atoms with Gasteiger partial charge in [0.15, 0.2) is 6.10 Å². The normalized spacial score (nSPS) is 11.9. The third-order valence-electron chi connectivity index (χ3n) is 5.27. The van der Waals surface area contributed by atoms with E-state index >= 15 is 0 Å². The van der Waals surface area contributed by atoms with Crippen molar-refractivity contribution in [1.82, 2.24) is 9.36 Å². The van der Waals surface area contributed by atoms with Crippen molar-refractivity contribution in [1.29, 1.82) is 0 Å². The van der Waals surface area contributed by atoms with Gasteiger partial charge in [0.1, 0.15) is 5.69 Å². The Hall–Kier alpha value is -3.61. The minimum atomic E-state index is -1.07. The Morgan fingerprint density at radius 1 is 0.968 bits per heavy atom. The van der Waals surface area contributed by atoms with Gasteiger partial charge in [-0.15, -0.1) is 0 Å². The first-order valence-corrected chi connectivity index (χ1v) is 10.2. The van der Waals surface area contributed by atoms with Crippen molar-refractivity contribution in [2.45, 2.75) is 39.7 Å². The largest absolute Gasteiger partial charge is 0.449 e. The second-order valence-corrected chi connectivity index (χ2v) is 7.75. The smallest absolute Gasteiger partial charge is 0.338 e. The average Bonchev–Trinajstić information content (AvgIpc) is 2.97. The highest BCUT2D eigenvalue weighted by Gasteiger charge is 2.23. The summed E-state index contributed by atoms with van der Waals surface area (Å²) in [6, 6.07) is 16.2. The fourth-order valence-electron chi connectivity index (χ4n) is 3.22. The van der Waals surface area contributed by atoms with Gasteiger partial charge in [0.2, 0.25) is 0 Å². The number of carbonyl (C=O) groups excluding carboxylic acids is 2. The fraction of sp³-hybridized carbons (Fsp3) is 0.292. The van der Waals surface area contributed by atoms with Gasteiger partial charge in [-0.2, -0.15) is 0 Å². The lowest BCUT2D eigenvalue weighted by atomic mass is 10.0. The molecule has 1 atom stereocenters. The SMILES string of the molecule is Cc1c(NC(=O)[C@H](C)OC(=O)c2ccc(C(C)C)cc2)c(=O)n(-c2ccccc2)n1C. The Labute approximate surface area is 181 Å². The van der Waals surface area contributed by atoms with Crippen LogP contribution < -0.4 is 10.9 Å². The maximum absolute atomic E-state index is 12.9. The van der Waals surface area contributed by atoms with Crippen LogP contribution in [0.25, 0.3) is 5.69 Å². The number of nitrogens with zero attached hydrogens (tertiary/aromatic N) is 2. The molecule has 0 unspecified atom stereocenters. The van der Waals surface area contributed by atoms with Crippen LogP contribution in [-0.2, 0) is 16.6 Å². The summed E-state index contributed by atoms with van der Waals surface area (Å²) in [7, 11) is 1.74. The molecule has 0 saturated heterocycles. The lowest BCUT2D eigenvalue weighted by Crippen LogP contribution is -2.32. The predicted octanol–water partition coefficient (Wildman–Crippen LogP) is 3.79. The summed E-state index contributed by atoms with van der Waals surface area (Å²) in [5, 5.41) is 2.62. The van der Waals surface area contributed by atoms with E-state index in [9.17, 15) is 14.4 Å². The number of aromatic nitrogens is 2. The Bertz CT molecular complexity index is 1140. The molecule has 0 spiro atoms. The summed E-state index contributed by atoms with van der Waals surface area (Å²) in [6.45, 7) is 7.35. The van der Waals surface area contributed by atoms with Crippen molar-refractivity contribution in [2.24, 2.45) is 7.05 Å². The summed E-state index contributed by atoms with van der Waals surface area (Å²) < 4.78 is 8.44. The number of anilines is 1. The molecule has 0 fully saturated rings. The summed E-state index contributed by atoms with van der Waals surface area (Å²) in [5.74, 6) is -0.814. The highest BCUT2D eigenvalue weighted by Crippen LogP contribution is 2.17. The van der Waals surface area contributed by atoms with Gasteiger partial charge in [0, 0.05) is 7.05 Å². The number of ether oxygens (including phenoxy) is 1. The zero-order valence-corrected chi connectivity index (χ0v) is 18.4. The Morgan fingerprint density at radius 3 is 2.16 bits per heavy atom. The van der Waals surface area contributed by atoms with Gasteiger partial charge in [-0.25, -0.2) is 9.48 Å². The van der Waals surface area contributed by atoms with Crippen LogP contribution in [0.15, 0.2) is 59.4 Å². The molecular formula is C24H27N3O4. The van der Waals surface area contributed by atoms with Crippen molar-refractivity contribution in [3.8, 4) is 5.69 Å². The van der Waals surface area contributed by atoms with Crippen LogP contribution in [0.2, 0.25) is 0 Å². The molecule has 0 aliphatic rings. The first-order chi connectivity index (χ1) is 14.7. The van der Waals surface area contributed by atoms with Crippen molar-refractivity contribution in [3.63, 3.8) is 0 Å². The highest BCUT2D eigenvalue weighted by atomic mass is 16.5. The lowest BCUT2D eigenvalue weighted by molar-refractivity contribution is -0.123. The minimum Gasteiger partial charge on any atom is -0.449 e. The van der Waals surface area contributed by atoms with Crippen molar-refractivity contribution < 1.29 is 14.3 Å². The van der Waals surface area contributed by atoms with E-state index in [0.29, 0.717) is 22.9 Å². The van der Waals surface area contributed by atoms with Crippen LogP contribution in [-0.4, -0.2) is 27.3 Å². The van der Waals surface area contributed by atoms with E-state index in [-0.39, 0.29) is 11.2 Å². The van der Waals surface area contributed by atoms with Gasteiger partial charge >= 0.3 is 5.97 Å². The Balaban J connectivity index is 1.74. The van der Waals surface area contributed by atoms with Crippen molar-refractivity contribution >= 4 is 17.6 Å². The van der Waals surface area contributed by atoms with E-state index in [1.54, 1.807) is 42.9 Å². The fourth-order valence-corrected chi connectivity index (χ4v) is 3.22. The molecule has 2 aromatic carbocycles. The first kappa shape index (κ1) is 22.1. The molecule has 3 rings (SSSR count). The average molecular weight is 421 g/mol. The van der Waals surface area contributed by atoms with E-state index in [1.165, 1.54) is 11.6 Å². The van der Waals surface area contributed by atoms with Gasteiger partial charge in [0.25, 0.3) is 11.5 Å². The van der Waals surface area contributed by atoms with Crippen LogP contribution in [0.1, 0.15) is 48.3 Å². The number of esters is 1. The molecule has 7 heteroatoms. The third kappa shape index (κ3) is 4.60. The number of rotatable bonds is 6. The molecule has 0 radical (unpaired) electrons. The monoisotopic (exact) mass is 421 g/mol. The molecule has 162 valence electrons. The number of carbonyl (C=O) groups is 2. The van der Waals surface area contributed by atoms with E-state index in [0.717, 1.165) is 5.56 Å². The predicted molar refractivity (Wildman–Crippen MR) is 120 cm³/mol. The molecule has 1 N–H and O–H groups in total. The molecule has 1 amide bonds. The van der Waals surface area contributed by atoms with E-state index in [4.69, 9.17) is 4.74 Å². The quantitative estimate of drug-likeness (QED) is 0.614. The summed E-state index contributed by atoms with van der Waals surface area (Å²) in [4.78, 5) is 38.0. The highest BCUT2D eigenvalue weighted by molar-refractivity contribution is 5.97. The molecule has 0 bridgehead atoms. The Morgan fingerprint density at radius 2 is 1.58 bits per heavy atom. The molecule has 0 saturated carbocycles. The zero-order valence-electron chi connectivity index (χ0n) is 18.4. The van der Waals surface area contributed by atoms with Crippen molar-refractivity contribution in [2.75, 3.05) is 5.32 Å². The first-order valence-electron chi connectivity index (χ1n) is 10.2. The van der Waals surface area contributed by atoms with Crippen LogP contribution in [0, 0.1) is 6.92 Å². The summed E-state index contributed by atoms with van der Waals surface area (Å²) in [5.41, 5.74) is 2.54. The van der Waals surface area contributed by atoms with Crippen LogP contribution >= 0.6 is 0 Å². The molecule has 0 aliphatic heterocycles. The maximum Gasteiger partial charge on any atom is 0.338 e. The van der Waals surface area contributed by atoms with Gasteiger partial charge in [-0.1, -0.05) is 44.2 Å². The Kier molecular flexibility index (Phi) is 6.44. The zero-order chi connectivity index (χ0) is 22.7. The van der Waals surface area contributed by atoms with E-state index in [2.05, 4.69) is 19.2 Å². The lowest BCUT2D eigenvalue weighted by Gasteiger charge is -2.13. The molecular weight excluding hydrogens is 394 g/mol. The third-order valence-corrected chi connectivity index (χ3v) is 5.27. The number of hydrogen-bond donors (Lipinski definition) is 1. The molecule has 3 aromatic rings. The van der Waals surface area contributed by atoms with Gasteiger partial charge in [-0.3, -0.25) is 14.3 Å². The molecule has 7 nitrogen and oxygen atoms in total. The second-order valence-electron chi connectivity index (χ2n) is 7.75. The summed E-state index contributed by atoms with van der Waals surface area (Å²) in [6.07, 6.45) is -1.07. The van der Waals surface area contributed by atoms with Crippen LogP contribution in [0.4, 0.5) is 5.69 Å². The van der Waals surface area contributed by atoms with Gasteiger partial charge < -0.3 is 10.1 Å². The minimum absolute atomic E-state index is 0.153. The van der Waals surface area contributed by atoms with Crippen LogP contribution in [0.3, 0.4) is 0 Å². The summed E-state index contributed by atoms with van der Waals surface area (Å²) >= 11 is 0. The standard InChI is InChI=1S/C24H27N3O4/c1-15(2)18-11-13-19(14-12-18)24(30)31-17(4)22(28)25-21-16(3)26(5)27(23(21)29)20-9-7-6-8-10-20/h6-15,17H,1-5H3,(H,25,28)/t17-/m0/s1. The maximum atomic E-state index is 12.9. The molecule has 0 aliphatic carbocycles. The van der Waals surface area contributed by atoms with Crippen molar-refractivity contribution in [3.05, 3.63) is 81.8 Å². The molecule has 1 heterocycles. The van der Waals surface area contributed by atoms with E-state index < -0.39 is 18.0 Å². The topological polar surface area (TPSA) is 82.3 Å².